The lowest BCUT2D eigenvalue weighted by molar-refractivity contribution is 0.110. The van der Waals surface area contributed by atoms with E-state index < -0.39 is 0 Å². The minimum Gasteiger partial charge on any atom is -0.363 e. The van der Waals surface area contributed by atoms with Gasteiger partial charge in [0.05, 0.1) is 5.69 Å². The Morgan fingerprint density at radius 1 is 1.30 bits per heavy atom. The van der Waals surface area contributed by atoms with Crippen LogP contribution in [0.15, 0.2) is 22.7 Å². The van der Waals surface area contributed by atoms with E-state index in [0.717, 1.165) is 29.7 Å². The molecule has 2 fully saturated rings. The van der Waals surface area contributed by atoms with Crippen LogP contribution in [0.2, 0.25) is 0 Å². The van der Waals surface area contributed by atoms with Gasteiger partial charge in [-0.25, -0.2) is 4.39 Å². The Bertz CT molecular complexity index is 480. The quantitative estimate of drug-likeness (QED) is 0.801. The highest BCUT2D eigenvalue weighted by Crippen LogP contribution is 2.32. The monoisotopic (exact) mass is 340 g/mol. The number of fused-ring (bicyclic) bond motifs is 1. The van der Waals surface area contributed by atoms with Crippen LogP contribution in [0.4, 0.5) is 10.1 Å². The fraction of sp³-hybridized carbons (Fsp3) is 0.625. The number of halogens is 2. The summed E-state index contributed by atoms with van der Waals surface area (Å²) in [4.78, 5) is 4.91. The lowest BCUT2D eigenvalue weighted by atomic mass is 9.95. The van der Waals surface area contributed by atoms with E-state index in [1.165, 1.54) is 25.8 Å². The average Bonchev–Trinajstić information content (AvgIpc) is 2.48. The first-order chi connectivity index (χ1) is 9.69. The minimum atomic E-state index is -0.101. The molecule has 2 atom stereocenters. The van der Waals surface area contributed by atoms with Gasteiger partial charge in [-0.05, 0) is 44.0 Å². The molecule has 0 N–H and O–H groups in total. The van der Waals surface area contributed by atoms with Crippen molar-refractivity contribution in [1.29, 1.82) is 0 Å². The molecule has 0 radical (unpaired) electrons. The molecule has 0 aromatic heterocycles. The van der Waals surface area contributed by atoms with Crippen molar-refractivity contribution in [3.05, 3.63) is 28.5 Å². The van der Waals surface area contributed by atoms with Crippen molar-refractivity contribution in [2.45, 2.75) is 44.7 Å². The van der Waals surface area contributed by atoms with Gasteiger partial charge in [-0.15, -0.1) is 0 Å². The second-order valence-corrected chi connectivity index (χ2v) is 6.87. The van der Waals surface area contributed by atoms with Crippen LogP contribution in [-0.4, -0.2) is 36.6 Å². The van der Waals surface area contributed by atoms with Crippen molar-refractivity contribution in [3.63, 3.8) is 0 Å². The van der Waals surface area contributed by atoms with Gasteiger partial charge in [0.25, 0.3) is 0 Å². The number of hydrogen-bond donors (Lipinski definition) is 0. The van der Waals surface area contributed by atoms with Gasteiger partial charge in [0.15, 0.2) is 0 Å². The van der Waals surface area contributed by atoms with Crippen molar-refractivity contribution in [2.75, 3.05) is 24.5 Å². The zero-order valence-electron chi connectivity index (χ0n) is 12.0. The normalized spacial score (nSPS) is 27.4. The van der Waals surface area contributed by atoms with Gasteiger partial charge in [0.2, 0.25) is 0 Å². The topological polar surface area (TPSA) is 6.48 Å². The van der Waals surface area contributed by atoms with E-state index in [-0.39, 0.29) is 5.82 Å². The van der Waals surface area contributed by atoms with Gasteiger partial charge in [-0.3, -0.25) is 4.90 Å². The predicted molar refractivity (Wildman–Crippen MR) is 84.7 cm³/mol. The molecule has 0 bridgehead atoms. The Labute approximate surface area is 129 Å². The molecule has 3 rings (SSSR count). The highest BCUT2D eigenvalue weighted by Gasteiger charge is 2.35. The van der Waals surface area contributed by atoms with Gasteiger partial charge in [0.1, 0.15) is 5.82 Å². The molecule has 4 heteroatoms. The van der Waals surface area contributed by atoms with E-state index in [4.69, 9.17) is 0 Å². The fourth-order valence-electron chi connectivity index (χ4n) is 3.60. The number of anilines is 1. The minimum absolute atomic E-state index is 0.101. The van der Waals surface area contributed by atoms with Crippen LogP contribution in [0.5, 0.6) is 0 Å². The smallest absolute Gasteiger partial charge is 0.146 e. The van der Waals surface area contributed by atoms with E-state index >= 15 is 0 Å². The zero-order chi connectivity index (χ0) is 14.1. The van der Waals surface area contributed by atoms with Gasteiger partial charge >= 0.3 is 0 Å². The average molecular weight is 341 g/mol. The summed E-state index contributed by atoms with van der Waals surface area (Å²) in [5.74, 6) is -0.101. The van der Waals surface area contributed by atoms with Crippen LogP contribution in [0.3, 0.4) is 0 Å². The summed E-state index contributed by atoms with van der Waals surface area (Å²) in [6.45, 7) is 5.47. The van der Waals surface area contributed by atoms with E-state index in [1.807, 2.05) is 6.07 Å². The molecule has 0 aliphatic carbocycles. The summed E-state index contributed by atoms with van der Waals surface area (Å²) >= 11 is 3.47. The number of piperidine rings is 1. The highest BCUT2D eigenvalue weighted by atomic mass is 79.9. The zero-order valence-corrected chi connectivity index (χ0v) is 13.6. The largest absolute Gasteiger partial charge is 0.363 e. The molecule has 20 heavy (non-hydrogen) atoms. The van der Waals surface area contributed by atoms with E-state index in [1.54, 1.807) is 12.1 Å². The van der Waals surface area contributed by atoms with Crippen molar-refractivity contribution in [3.8, 4) is 0 Å². The van der Waals surface area contributed by atoms with Gasteiger partial charge < -0.3 is 4.90 Å². The summed E-state index contributed by atoms with van der Waals surface area (Å²) in [5.41, 5.74) is 0.761. The first-order valence-corrected chi connectivity index (χ1v) is 8.44. The summed E-state index contributed by atoms with van der Waals surface area (Å²) in [6, 6.07) is 6.30. The highest BCUT2D eigenvalue weighted by molar-refractivity contribution is 9.10. The van der Waals surface area contributed by atoms with Gasteiger partial charge in [-0.1, -0.05) is 29.3 Å². The third kappa shape index (κ3) is 2.73. The standard InChI is InChI=1S/C16H22BrFN2/c1-2-13-10-19-8-4-3-5-14(19)11-20(13)16-9-12(17)6-7-15(16)18/h6-7,9,13-14H,2-5,8,10-11H2,1H3. The number of benzene rings is 1. The molecule has 2 nitrogen and oxygen atoms in total. The van der Waals surface area contributed by atoms with Gasteiger partial charge in [0, 0.05) is 29.6 Å². The molecule has 2 aliphatic heterocycles. The molecule has 110 valence electrons. The van der Waals surface area contributed by atoms with Crippen LogP contribution < -0.4 is 4.90 Å². The maximum absolute atomic E-state index is 14.2. The summed E-state index contributed by atoms with van der Waals surface area (Å²) in [6.07, 6.45) is 4.95. The summed E-state index contributed by atoms with van der Waals surface area (Å²) in [5, 5.41) is 0. The Kier molecular flexibility index (Phi) is 4.32. The molecule has 2 heterocycles. The lowest BCUT2D eigenvalue weighted by Gasteiger charge is -2.49. The van der Waals surface area contributed by atoms with Crippen LogP contribution in [-0.2, 0) is 0 Å². The van der Waals surface area contributed by atoms with Crippen molar-refractivity contribution in [1.82, 2.24) is 4.90 Å². The molecule has 1 aromatic carbocycles. The van der Waals surface area contributed by atoms with Crippen LogP contribution in [0, 0.1) is 5.82 Å². The number of nitrogens with zero attached hydrogens (tertiary/aromatic N) is 2. The van der Waals surface area contributed by atoms with Crippen molar-refractivity contribution in [2.24, 2.45) is 0 Å². The fourth-order valence-corrected chi connectivity index (χ4v) is 3.95. The Balaban J connectivity index is 1.88. The van der Waals surface area contributed by atoms with E-state index in [2.05, 4.69) is 32.7 Å². The van der Waals surface area contributed by atoms with Crippen LogP contribution in [0.25, 0.3) is 0 Å². The molecular formula is C16H22BrFN2. The first-order valence-electron chi connectivity index (χ1n) is 7.64. The first kappa shape index (κ1) is 14.3. The molecular weight excluding hydrogens is 319 g/mol. The second-order valence-electron chi connectivity index (χ2n) is 5.95. The lowest BCUT2D eigenvalue weighted by Crippen LogP contribution is -2.59. The SMILES string of the molecule is CCC1CN2CCCCC2CN1c1cc(Br)ccc1F. The molecule has 1 aromatic rings. The summed E-state index contributed by atoms with van der Waals surface area (Å²) in [7, 11) is 0. The van der Waals surface area contributed by atoms with E-state index in [0.29, 0.717) is 12.1 Å². The van der Waals surface area contributed by atoms with Crippen molar-refractivity contribution < 1.29 is 4.39 Å². The molecule has 0 spiro atoms. The number of piperazine rings is 1. The van der Waals surface area contributed by atoms with Gasteiger partial charge in [-0.2, -0.15) is 0 Å². The predicted octanol–water partition coefficient (Wildman–Crippen LogP) is 4.04. The molecule has 2 saturated heterocycles. The maximum Gasteiger partial charge on any atom is 0.146 e. The maximum atomic E-state index is 14.2. The van der Waals surface area contributed by atoms with Crippen molar-refractivity contribution >= 4 is 21.6 Å². The molecule has 0 saturated carbocycles. The Hall–Kier alpha value is -0.610. The third-order valence-electron chi connectivity index (χ3n) is 4.73. The van der Waals surface area contributed by atoms with Crippen LogP contribution in [0.1, 0.15) is 32.6 Å². The second kappa shape index (κ2) is 6.02. The molecule has 0 amide bonds. The van der Waals surface area contributed by atoms with Crippen LogP contribution >= 0.6 is 15.9 Å². The number of rotatable bonds is 2. The van der Waals surface area contributed by atoms with E-state index in [9.17, 15) is 4.39 Å². The third-order valence-corrected chi connectivity index (χ3v) is 5.22. The Morgan fingerprint density at radius 2 is 2.15 bits per heavy atom. The Morgan fingerprint density at radius 3 is 2.95 bits per heavy atom. The molecule has 2 aliphatic rings. The number of hydrogen-bond acceptors (Lipinski definition) is 2. The summed E-state index contributed by atoms with van der Waals surface area (Å²) < 4.78 is 15.2. The molecule has 2 unspecified atom stereocenters.